The van der Waals surface area contributed by atoms with E-state index in [4.69, 9.17) is 17.3 Å². The van der Waals surface area contributed by atoms with Crippen molar-refractivity contribution in [2.24, 2.45) is 0 Å². The van der Waals surface area contributed by atoms with Crippen LogP contribution in [0.2, 0.25) is 0 Å². The number of hydrogen-bond acceptors (Lipinski definition) is 4. The Kier molecular flexibility index (Phi) is 5.52. The first-order valence-electron chi connectivity index (χ1n) is 9.80. The number of piperazine rings is 1. The zero-order valence-corrected chi connectivity index (χ0v) is 16.9. The minimum Gasteiger partial charge on any atom is -0.369 e. The third kappa shape index (κ3) is 4.40. The molecule has 0 amide bonds. The van der Waals surface area contributed by atoms with E-state index in [-0.39, 0.29) is 0 Å². The third-order valence-corrected chi connectivity index (χ3v) is 5.88. The Balaban J connectivity index is 1.41. The molecule has 1 aliphatic carbocycles. The summed E-state index contributed by atoms with van der Waals surface area (Å²) in [4.78, 5) is 4.23. The van der Waals surface area contributed by atoms with Gasteiger partial charge in [0.05, 0.1) is 12.2 Å². The van der Waals surface area contributed by atoms with Crippen molar-refractivity contribution >= 4 is 17.9 Å². The van der Waals surface area contributed by atoms with Gasteiger partial charge in [0.25, 0.3) is 0 Å². The van der Waals surface area contributed by atoms with Gasteiger partial charge in [-0.05, 0) is 43.3 Å². The molecular formula is C20H24F3N5S. The zero-order chi connectivity index (χ0) is 20.6. The number of hydrogen-bond donors (Lipinski definition) is 0. The van der Waals surface area contributed by atoms with Gasteiger partial charge in [0, 0.05) is 44.3 Å². The average Bonchev–Trinajstić information content (AvgIpc) is 3.50. The second-order valence-corrected chi connectivity index (χ2v) is 7.97. The van der Waals surface area contributed by atoms with Gasteiger partial charge < -0.3 is 4.90 Å². The highest BCUT2D eigenvalue weighted by molar-refractivity contribution is 7.71. The predicted octanol–water partition coefficient (Wildman–Crippen LogP) is 4.28. The molecule has 2 fully saturated rings. The van der Waals surface area contributed by atoms with Gasteiger partial charge in [-0.1, -0.05) is 12.1 Å². The van der Waals surface area contributed by atoms with Crippen LogP contribution in [0.1, 0.15) is 30.1 Å². The van der Waals surface area contributed by atoms with Crippen LogP contribution in [-0.2, 0) is 19.4 Å². The van der Waals surface area contributed by atoms with Crippen LogP contribution in [-0.4, -0.2) is 45.4 Å². The Bertz CT molecular complexity index is 936. The monoisotopic (exact) mass is 423 g/mol. The maximum atomic E-state index is 13.0. The summed E-state index contributed by atoms with van der Waals surface area (Å²) in [5.74, 6) is 1.54. The molecule has 29 heavy (non-hydrogen) atoms. The molecule has 1 saturated heterocycles. The van der Waals surface area contributed by atoms with Crippen LogP contribution in [0.4, 0.5) is 18.9 Å². The Hall–Kier alpha value is -2.13. The quantitative estimate of drug-likeness (QED) is 0.513. The molecular weight excluding hydrogens is 399 g/mol. The van der Waals surface area contributed by atoms with Crippen molar-refractivity contribution in [2.75, 3.05) is 31.1 Å². The number of aromatic nitrogens is 3. The van der Waals surface area contributed by atoms with Crippen LogP contribution < -0.4 is 4.90 Å². The number of rotatable bonds is 6. The van der Waals surface area contributed by atoms with Crippen molar-refractivity contribution in [2.45, 2.75) is 38.1 Å². The number of allylic oxidation sites excluding steroid dienone is 1. The molecule has 1 aromatic heterocycles. The van der Waals surface area contributed by atoms with E-state index in [9.17, 15) is 13.2 Å². The standard InChI is InChI=1S/C20H24F3N5S/c1-2-8-27-18(15-6-7-15)24-28(19(27)29)14-25-9-11-26(12-10-25)17-5-3-4-16(13-17)20(21,22)23/h2-5,13,15H,1,6-12,14H2. The summed E-state index contributed by atoms with van der Waals surface area (Å²) in [5, 5.41) is 4.75. The topological polar surface area (TPSA) is 29.2 Å². The third-order valence-electron chi connectivity index (χ3n) is 5.45. The Morgan fingerprint density at radius 2 is 1.90 bits per heavy atom. The first kappa shape index (κ1) is 20.2. The fourth-order valence-electron chi connectivity index (χ4n) is 3.71. The molecule has 0 N–H and O–H groups in total. The number of benzene rings is 1. The molecule has 0 bridgehead atoms. The van der Waals surface area contributed by atoms with Crippen molar-refractivity contribution in [1.29, 1.82) is 0 Å². The fourth-order valence-corrected chi connectivity index (χ4v) is 3.98. The van der Waals surface area contributed by atoms with Crippen LogP contribution in [0.15, 0.2) is 36.9 Å². The van der Waals surface area contributed by atoms with Gasteiger partial charge in [-0.15, -0.1) is 6.58 Å². The molecule has 1 aromatic carbocycles. The van der Waals surface area contributed by atoms with Crippen LogP contribution in [0, 0.1) is 4.77 Å². The molecule has 2 aliphatic rings. The van der Waals surface area contributed by atoms with E-state index in [1.165, 1.54) is 12.1 Å². The van der Waals surface area contributed by atoms with Crippen LogP contribution in [0.3, 0.4) is 0 Å². The largest absolute Gasteiger partial charge is 0.416 e. The number of halogens is 3. The first-order chi connectivity index (χ1) is 13.9. The highest BCUT2D eigenvalue weighted by Gasteiger charge is 2.32. The predicted molar refractivity (Wildman–Crippen MR) is 108 cm³/mol. The lowest BCUT2D eigenvalue weighted by Gasteiger charge is -2.36. The molecule has 9 heteroatoms. The van der Waals surface area contributed by atoms with E-state index in [0.717, 1.165) is 37.8 Å². The summed E-state index contributed by atoms with van der Waals surface area (Å²) in [5.41, 5.74) is 0.00599. The minimum absolute atomic E-state index is 0.496. The van der Waals surface area contributed by atoms with Gasteiger partial charge in [-0.3, -0.25) is 9.47 Å². The summed E-state index contributed by atoms with van der Waals surface area (Å²) in [6, 6.07) is 5.54. The summed E-state index contributed by atoms with van der Waals surface area (Å²) in [7, 11) is 0. The Morgan fingerprint density at radius 1 is 1.17 bits per heavy atom. The number of alkyl halides is 3. The SMILES string of the molecule is C=CCn1c(C2CC2)nn(CN2CCN(c3cccc(C(F)(F)F)c3)CC2)c1=S. The maximum absolute atomic E-state index is 13.0. The van der Waals surface area contributed by atoms with Gasteiger partial charge in [0.2, 0.25) is 0 Å². The number of nitrogens with zero attached hydrogens (tertiary/aromatic N) is 5. The van der Waals surface area contributed by atoms with E-state index in [1.54, 1.807) is 6.07 Å². The summed E-state index contributed by atoms with van der Waals surface area (Å²) < 4.78 is 43.5. The molecule has 0 unspecified atom stereocenters. The Labute approximate surface area is 173 Å². The summed E-state index contributed by atoms with van der Waals surface area (Å²) in [6.07, 6.45) is -0.184. The fraction of sp³-hybridized carbons (Fsp3) is 0.500. The van der Waals surface area contributed by atoms with E-state index < -0.39 is 11.7 Å². The molecule has 1 aliphatic heterocycles. The van der Waals surface area contributed by atoms with Gasteiger partial charge in [0.1, 0.15) is 5.82 Å². The molecule has 2 heterocycles. The Morgan fingerprint density at radius 3 is 2.52 bits per heavy atom. The van der Waals surface area contributed by atoms with Crippen LogP contribution in [0.25, 0.3) is 0 Å². The highest BCUT2D eigenvalue weighted by Crippen LogP contribution is 2.39. The molecule has 1 saturated carbocycles. The van der Waals surface area contributed by atoms with E-state index >= 15 is 0 Å². The van der Waals surface area contributed by atoms with Crippen LogP contribution in [0.5, 0.6) is 0 Å². The molecule has 0 atom stereocenters. The van der Waals surface area contributed by atoms with Gasteiger partial charge in [-0.25, -0.2) is 4.68 Å². The van der Waals surface area contributed by atoms with Crippen molar-refractivity contribution in [1.82, 2.24) is 19.2 Å². The molecule has 156 valence electrons. The summed E-state index contributed by atoms with van der Waals surface area (Å²) >= 11 is 5.61. The zero-order valence-electron chi connectivity index (χ0n) is 16.1. The van der Waals surface area contributed by atoms with Crippen molar-refractivity contribution in [3.63, 3.8) is 0 Å². The van der Waals surface area contributed by atoms with Gasteiger partial charge in [-0.2, -0.15) is 18.3 Å². The maximum Gasteiger partial charge on any atom is 0.416 e. The van der Waals surface area contributed by atoms with Crippen molar-refractivity contribution in [3.8, 4) is 0 Å². The first-order valence-corrected chi connectivity index (χ1v) is 10.2. The molecule has 5 nitrogen and oxygen atoms in total. The number of anilines is 1. The highest BCUT2D eigenvalue weighted by atomic mass is 32.1. The second kappa shape index (κ2) is 7.95. The normalized spacial score (nSPS) is 18.2. The van der Waals surface area contributed by atoms with E-state index in [0.29, 0.717) is 42.7 Å². The van der Waals surface area contributed by atoms with Gasteiger partial charge >= 0.3 is 6.18 Å². The van der Waals surface area contributed by atoms with E-state index in [2.05, 4.69) is 16.0 Å². The molecule has 0 spiro atoms. The molecule has 0 radical (unpaired) electrons. The van der Waals surface area contributed by atoms with Crippen molar-refractivity contribution in [3.05, 3.63) is 53.1 Å². The molecule has 2 aromatic rings. The lowest BCUT2D eigenvalue weighted by molar-refractivity contribution is -0.137. The lowest BCUT2D eigenvalue weighted by atomic mass is 10.1. The summed E-state index contributed by atoms with van der Waals surface area (Å²) in [6.45, 7) is 7.88. The minimum atomic E-state index is -4.32. The van der Waals surface area contributed by atoms with Gasteiger partial charge in [0.15, 0.2) is 4.77 Å². The average molecular weight is 424 g/mol. The lowest BCUT2D eigenvalue weighted by Crippen LogP contribution is -2.47. The van der Waals surface area contributed by atoms with Crippen LogP contribution >= 0.6 is 12.2 Å². The van der Waals surface area contributed by atoms with E-state index in [1.807, 2.05) is 15.7 Å². The molecule has 4 rings (SSSR count). The smallest absolute Gasteiger partial charge is 0.369 e. The van der Waals surface area contributed by atoms with Crippen molar-refractivity contribution < 1.29 is 13.2 Å². The second-order valence-electron chi connectivity index (χ2n) is 7.61.